The van der Waals surface area contributed by atoms with Crippen LogP contribution in [0.5, 0.6) is 5.75 Å². The van der Waals surface area contributed by atoms with E-state index in [1.165, 1.54) is 0 Å². The van der Waals surface area contributed by atoms with Crippen molar-refractivity contribution in [3.05, 3.63) is 26.7 Å². The SMILES string of the molecule is O=C(COc1c(Cl)cc(Cl)cc1Br)N1CCOCC1. The van der Waals surface area contributed by atoms with Crippen LogP contribution in [0.15, 0.2) is 16.6 Å². The number of hydrogen-bond acceptors (Lipinski definition) is 3. The molecule has 0 radical (unpaired) electrons. The van der Waals surface area contributed by atoms with Crippen LogP contribution in [0, 0.1) is 0 Å². The summed E-state index contributed by atoms with van der Waals surface area (Å²) in [6.45, 7) is 2.27. The molecule has 1 aromatic carbocycles. The lowest BCUT2D eigenvalue weighted by Crippen LogP contribution is -2.43. The number of amides is 1. The summed E-state index contributed by atoms with van der Waals surface area (Å²) >= 11 is 15.2. The molecule has 0 atom stereocenters. The first-order valence-electron chi connectivity index (χ1n) is 5.71. The zero-order chi connectivity index (χ0) is 13.8. The molecule has 1 aliphatic rings. The number of carbonyl (C=O) groups is 1. The molecule has 1 fully saturated rings. The minimum Gasteiger partial charge on any atom is -0.481 e. The molecule has 19 heavy (non-hydrogen) atoms. The summed E-state index contributed by atoms with van der Waals surface area (Å²) in [4.78, 5) is 13.6. The normalized spacial score (nSPS) is 15.4. The number of ether oxygens (including phenoxy) is 2. The van der Waals surface area contributed by atoms with Crippen molar-refractivity contribution in [2.45, 2.75) is 0 Å². The standard InChI is InChI=1S/C12H12BrCl2NO3/c13-9-5-8(14)6-10(15)12(9)19-7-11(17)16-1-3-18-4-2-16/h5-6H,1-4,7H2. The van der Waals surface area contributed by atoms with E-state index < -0.39 is 0 Å². The maximum atomic E-state index is 11.9. The number of hydrogen-bond donors (Lipinski definition) is 0. The van der Waals surface area contributed by atoms with Crippen LogP contribution >= 0.6 is 39.1 Å². The van der Waals surface area contributed by atoms with Crippen LogP contribution in [0.25, 0.3) is 0 Å². The molecule has 0 aromatic heterocycles. The van der Waals surface area contributed by atoms with Crippen molar-refractivity contribution in [1.29, 1.82) is 0 Å². The Balaban J connectivity index is 1.96. The molecule has 0 bridgehead atoms. The average molecular weight is 369 g/mol. The fourth-order valence-electron chi connectivity index (χ4n) is 1.70. The van der Waals surface area contributed by atoms with Crippen LogP contribution in [0.4, 0.5) is 0 Å². The van der Waals surface area contributed by atoms with Crippen molar-refractivity contribution in [2.24, 2.45) is 0 Å². The van der Waals surface area contributed by atoms with Gasteiger partial charge in [-0.15, -0.1) is 0 Å². The molecule has 4 nitrogen and oxygen atoms in total. The molecule has 0 unspecified atom stereocenters. The summed E-state index contributed by atoms with van der Waals surface area (Å²) in [6.07, 6.45) is 0. The molecule has 2 rings (SSSR count). The highest BCUT2D eigenvalue weighted by Gasteiger charge is 2.18. The van der Waals surface area contributed by atoms with Gasteiger partial charge in [-0.2, -0.15) is 0 Å². The van der Waals surface area contributed by atoms with Gasteiger partial charge < -0.3 is 14.4 Å². The minimum atomic E-state index is -0.0822. The molecule has 1 aromatic rings. The van der Waals surface area contributed by atoms with E-state index in [1.54, 1.807) is 17.0 Å². The Kier molecular flexibility index (Phi) is 5.33. The van der Waals surface area contributed by atoms with Crippen LogP contribution in [0.3, 0.4) is 0 Å². The van der Waals surface area contributed by atoms with Crippen LogP contribution in [-0.4, -0.2) is 43.7 Å². The van der Waals surface area contributed by atoms with Crippen molar-refractivity contribution >= 4 is 45.0 Å². The molecule has 7 heteroatoms. The molecule has 0 saturated carbocycles. The largest absolute Gasteiger partial charge is 0.481 e. The fraction of sp³-hybridized carbons (Fsp3) is 0.417. The smallest absolute Gasteiger partial charge is 0.260 e. The van der Waals surface area contributed by atoms with E-state index in [4.69, 9.17) is 32.7 Å². The maximum absolute atomic E-state index is 11.9. The maximum Gasteiger partial charge on any atom is 0.260 e. The first-order chi connectivity index (χ1) is 9.08. The molecular weight excluding hydrogens is 357 g/mol. The van der Waals surface area contributed by atoms with E-state index in [9.17, 15) is 4.79 Å². The van der Waals surface area contributed by atoms with E-state index in [0.717, 1.165) is 0 Å². The van der Waals surface area contributed by atoms with Gasteiger partial charge in [0.25, 0.3) is 5.91 Å². The molecule has 104 valence electrons. The van der Waals surface area contributed by atoms with E-state index in [2.05, 4.69) is 15.9 Å². The highest BCUT2D eigenvalue weighted by Crippen LogP contribution is 2.36. The van der Waals surface area contributed by atoms with Crippen molar-refractivity contribution in [3.8, 4) is 5.75 Å². The van der Waals surface area contributed by atoms with Gasteiger partial charge in [-0.3, -0.25) is 4.79 Å². The second-order valence-corrected chi connectivity index (χ2v) is 5.68. The van der Waals surface area contributed by atoms with Crippen molar-refractivity contribution in [2.75, 3.05) is 32.9 Å². The van der Waals surface area contributed by atoms with Gasteiger partial charge in [0.05, 0.1) is 22.7 Å². The molecule has 0 aliphatic carbocycles. The predicted octanol–water partition coefficient (Wildman–Crippen LogP) is 2.99. The fourth-order valence-corrected chi connectivity index (χ4v) is 3.07. The number of morpholine rings is 1. The number of benzene rings is 1. The number of carbonyl (C=O) groups excluding carboxylic acids is 1. The van der Waals surface area contributed by atoms with Gasteiger partial charge in [0.1, 0.15) is 0 Å². The van der Waals surface area contributed by atoms with Gasteiger partial charge in [0.2, 0.25) is 0 Å². The highest BCUT2D eigenvalue weighted by atomic mass is 79.9. The first kappa shape index (κ1) is 14.9. The van der Waals surface area contributed by atoms with Crippen LogP contribution in [-0.2, 0) is 9.53 Å². The monoisotopic (exact) mass is 367 g/mol. The third-order valence-corrected chi connectivity index (χ3v) is 3.75. The second-order valence-electron chi connectivity index (χ2n) is 3.98. The van der Waals surface area contributed by atoms with Gasteiger partial charge in [0.15, 0.2) is 12.4 Å². The Morgan fingerprint density at radius 1 is 1.37 bits per heavy atom. The third kappa shape index (κ3) is 3.99. The van der Waals surface area contributed by atoms with E-state index in [0.29, 0.717) is 46.6 Å². The lowest BCUT2D eigenvalue weighted by Gasteiger charge is -2.26. The van der Waals surface area contributed by atoms with Crippen LogP contribution in [0.2, 0.25) is 10.0 Å². The van der Waals surface area contributed by atoms with Gasteiger partial charge in [0, 0.05) is 18.1 Å². The zero-order valence-corrected chi connectivity index (χ0v) is 13.1. The Hall–Kier alpha value is -0.490. The Morgan fingerprint density at radius 2 is 2.05 bits per heavy atom. The van der Waals surface area contributed by atoms with E-state index >= 15 is 0 Å². The zero-order valence-electron chi connectivity index (χ0n) is 10.00. The highest BCUT2D eigenvalue weighted by molar-refractivity contribution is 9.10. The quantitative estimate of drug-likeness (QED) is 0.823. The van der Waals surface area contributed by atoms with Gasteiger partial charge in [-0.25, -0.2) is 0 Å². The Morgan fingerprint density at radius 3 is 2.68 bits per heavy atom. The lowest BCUT2D eigenvalue weighted by atomic mass is 10.3. The van der Waals surface area contributed by atoms with Crippen molar-refractivity contribution in [1.82, 2.24) is 4.90 Å². The summed E-state index contributed by atoms with van der Waals surface area (Å²) in [7, 11) is 0. The van der Waals surface area contributed by atoms with Gasteiger partial charge in [-0.05, 0) is 28.1 Å². The van der Waals surface area contributed by atoms with Gasteiger partial charge >= 0.3 is 0 Å². The molecule has 1 heterocycles. The molecule has 1 aliphatic heterocycles. The van der Waals surface area contributed by atoms with Crippen molar-refractivity contribution < 1.29 is 14.3 Å². The van der Waals surface area contributed by atoms with Crippen LogP contribution in [0.1, 0.15) is 0 Å². The summed E-state index contributed by atoms with van der Waals surface area (Å²) in [6, 6.07) is 3.24. The predicted molar refractivity (Wildman–Crippen MR) is 77.1 cm³/mol. The summed E-state index contributed by atoms with van der Waals surface area (Å²) in [5.74, 6) is 0.342. The van der Waals surface area contributed by atoms with Crippen LogP contribution < -0.4 is 4.74 Å². The van der Waals surface area contributed by atoms with Crippen molar-refractivity contribution in [3.63, 3.8) is 0 Å². The molecule has 0 N–H and O–H groups in total. The van der Waals surface area contributed by atoms with Gasteiger partial charge in [-0.1, -0.05) is 23.2 Å². The summed E-state index contributed by atoms with van der Waals surface area (Å²) < 4.78 is 11.3. The Labute approximate surface area is 129 Å². The summed E-state index contributed by atoms with van der Waals surface area (Å²) in [5.41, 5.74) is 0. The number of nitrogens with zero attached hydrogens (tertiary/aromatic N) is 1. The molecular formula is C12H12BrCl2NO3. The van der Waals surface area contributed by atoms with E-state index in [1.807, 2.05) is 0 Å². The number of halogens is 3. The van der Waals surface area contributed by atoms with E-state index in [-0.39, 0.29) is 12.5 Å². The first-order valence-corrected chi connectivity index (χ1v) is 7.25. The minimum absolute atomic E-state index is 0.0556. The average Bonchev–Trinajstić information content (AvgIpc) is 2.38. The topological polar surface area (TPSA) is 38.8 Å². The molecule has 1 amide bonds. The molecule has 0 spiro atoms. The lowest BCUT2D eigenvalue weighted by molar-refractivity contribution is -0.137. The third-order valence-electron chi connectivity index (χ3n) is 2.67. The molecule has 1 saturated heterocycles. The Bertz CT molecular complexity index is 455. The summed E-state index contributed by atoms with van der Waals surface area (Å²) in [5, 5.41) is 0.873. The second kappa shape index (κ2) is 6.79. The number of rotatable bonds is 3.